The van der Waals surface area contributed by atoms with Crippen molar-refractivity contribution in [1.82, 2.24) is 4.98 Å². The van der Waals surface area contributed by atoms with E-state index in [1.165, 1.54) is 0 Å². The van der Waals surface area contributed by atoms with Crippen LogP contribution in [0.5, 0.6) is 0 Å². The maximum Gasteiger partial charge on any atom is 0.182 e. The summed E-state index contributed by atoms with van der Waals surface area (Å²) in [5.41, 5.74) is 1.64. The maximum absolute atomic E-state index is 11.7. The van der Waals surface area contributed by atoms with Crippen LogP contribution in [-0.4, -0.2) is 16.1 Å². The molecule has 3 heteroatoms. The van der Waals surface area contributed by atoms with Gasteiger partial charge in [0.05, 0.1) is 5.38 Å². The van der Waals surface area contributed by atoms with Crippen molar-refractivity contribution in [2.75, 3.05) is 0 Å². The molecule has 0 saturated carbocycles. The summed E-state index contributed by atoms with van der Waals surface area (Å²) in [5, 5.41) is 0.458. The van der Waals surface area contributed by atoms with E-state index in [0.717, 1.165) is 10.9 Å². The van der Waals surface area contributed by atoms with Gasteiger partial charge in [-0.05, 0) is 13.0 Å². The minimum absolute atomic E-state index is 0.0379. The molecule has 0 aliphatic heterocycles. The molecule has 2 aromatic rings. The van der Waals surface area contributed by atoms with E-state index < -0.39 is 5.38 Å². The normalized spacial score (nSPS) is 13.0. The number of halogens is 1. The number of hydrogen-bond donors (Lipinski definition) is 1. The number of benzene rings is 1. The van der Waals surface area contributed by atoms with Crippen LogP contribution in [0.3, 0.4) is 0 Å². The van der Waals surface area contributed by atoms with Crippen LogP contribution in [0.4, 0.5) is 0 Å². The average molecular weight is 208 g/mol. The zero-order chi connectivity index (χ0) is 10.1. The van der Waals surface area contributed by atoms with Crippen LogP contribution in [0.2, 0.25) is 0 Å². The third-order valence-corrected chi connectivity index (χ3v) is 2.41. The van der Waals surface area contributed by atoms with E-state index in [0.29, 0.717) is 5.56 Å². The highest BCUT2D eigenvalue weighted by Crippen LogP contribution is 2.20. The van der Waals surface area contributed by atoms with E-state index in [4.69, 9.17) is 11.6 Å². The van der Waals surface area contributed by atoms with E-state index in [9.17, 15) is 4.79 Å². The van der Waals surface area contributed by atoms with E-state index in [1.54, 1.807) is 13.1 Å². The van der Waals surface area contributed by atoms with Crippen molar-refractivity contribution in [3.63, 3.8) is 0 Å². The first-order chi connectivity index (χ1) is 6.70. The first kappa shape index (κ1) is 9.28. The average Bonchev–Trinajstić information content (AvgIpc) is 2.60. The van der Waals surface area contributed by atoms with Crippen LogP contribution in [0, 0.1) is 0 Å². The summed E-state index contributed by atoms with van der Waals surface area (Å²) in [4.78, 5) is 14.7. The third kappa shape index (κ3) is 1.42. The third-order valence-electron chi connectivity index (χ3n) is 2.22. The largest absolute Gasteiger partial charge is 0.360 e. The molecule has 1 heterocycles. The Balaban J connectivity index is 2.58. The monoisotopic (exact) mass is 207 g/mol. The molecule has 0 bridgehead atoms. The number of H-pyrrole nitrogens is 1. The van der Waals surface area contributed by atoms with Gasteiger partial charge in [0.25, 0.3) is 0 Å². The topological polar surface area (TPSA) is 32.9 Å². The molecule has 0 aliphatic rings. The lowest BCUT2D eigenvalue weighted by molar-refractivity contribution is 0.0993. The summed E-state index contributed by atoms with van der Waals surface area (Å²) < 4.78 is 0. The van der Waals surface area contributed by atoms with Crippen LogP contribution in [-0.2, 0) is 0 Å². The lowest BCUT2D eigenvalue weighted by Crippen LogP contribution is -2.09. The Morgan fingerprint density at radius 1 is 1.43 bits per heavy atom. The number of Topliss-reactive ketones (excluding diaryl/α,β-unsaturated/α-hetero) is 1. The first-order valence-corrected chi connectivity index (χ1v) is 4.88. The Kier molecular flexibility index (Phi) is 2.30. The van der Waals surface area contributed by atoms with Crippen molar-refractivity contribution in [1.29, 1.82) is 0 Å². The molecule has 14 heavy (non-hydrogen) atoms. The summed E-state index contributed by atoms with van der Waals surface area (Å²) in [6.45, 7) is 1.69. The smallest absolute Gasteiger partial charge is 0.182 e. The van der Waals surface area contributed by atoms with Crippen molar-refractivity contribution >= 4 is 28.3 Å². The number of rotatable bonds is 2. The van der Waals surface area contributed by atoms with Gasteiger partial charge < -0.3 is 4.98 Å². The highest BCUT2D eigenvalue weighted by Gasteiger charge is 2.15. The van der Waals surface area contributed by atoms with E-state index in [2.05, 4.69) is 4.98 Å². The fourth-order valence-corrected chi connectivity index (χ4v) is 1.61. The molecule has 0 fully saturated rings. The van der Waals surface area contributed by atoms with Crippen LogP contribution >= 0.6 is 11.6 Å². The Morgan fingerprint density at radius 3 is 2.86 bits per heavy atom. The zero-order valence-corrected chi connectivity index (χ0v) is 8.51. The van der Waals surface area contributed by atoms with Gasteiger partial charge in [0.15, 0.2) is 5.78 Å². The molecule has 1 atom stereocenters. The van der Waals surface area contributed by atoms with Crippen LogP contribution < -0.4 is 0 Å². The van der Waals surface area contributed by atoms with E-state index in [-0.39, 0.29) is 5.78 Å². The quantitative estimate of drug-likeness (QED) is 0.596. The summed E-state index contributed by atoms with van der Waals surface area (Å²) in [6.07, 6.45) is 1.71. The maximum atomic E-state index is 11.7. The van der Waals surface area contributed by atoms with Crippen molar-refractivity contribution < 1.29 is 4.79 Å². The number of carbonyl (C=O) groups excluding carboxylic acids is 1. The van der Waals surface area contributed by atoms with Gasteiger partial charge in [0.1, 0.15) is 0 Å². The lowest BCUT2D eigenvalue weighted by atomic mass is 10.1. The standard InChI is InChI=1S/C11H10ClNO/c1-7(12)11(14)9-6-13-10-5-3-2-4-8(9)10/h2-7,13H,1H3/t7-/m1/s1. The molecule has 0 radical (unpaired) electrons. The highest BCUT2D eigenvalue weighted by molar-refractivity contribution is 6.34. The number of fused-ring (bicyclic) bond motifs is 1. The molecule has 0 saturated heterocycles. The molecule has 1 aromatic carbocycles. The highest BCUT2D eigenvalue weighted by atomic mass is 35.5. The minimum atomic E-state index is -0.478. The van der Waals surface area contributed by atoms with Crippen LogP contribution in [0.1, 0.15) is 17.3 Å². The van der Waals surface area contributed by atoms with Crippen LogP contribution in [0.25, 0.3) is 10.9 Å². The number of alkyl halides is 1. The second-order valence-electron chi connectivity index (χ2n) is 3.23. The summed E-state index contributed by atoms with van der Waals surface area (Å²) in [5.74, 6) is -0.0379. The van der Waals surface area contributed by atoms with Crippen molar-refractivity contribution in [2.45, 2.75) is 12.3 Å². The van der Waals surface area contributed by atoms with Crippen molar-refractivity contribution in [2.24, 2.45) is 0 Å². The van der Waals surface area contributed by atoms with Gasteiger partial charge in [-0.25, -0.2) is 0 Å². The van der Waals surface area contributed by atoms with E-state index in [1.807, 2.05) is 24.3 Å². The summed E-state index contributed by atoms with van der Waals surface area (Å²) in [7, 11) is 0. The van der Waals surface area contributed by atoms with Gasteiger partial charge in [-0.1, -0.05) is 18.2 Å². The molecule has 1 N–H and O–H groups in total. The van der Waals surface area contributed by atoms with Crippen LogP contribution in [0.15, 0.2) is 30.5 Å². The zero-order valence-electron chi connectivity index (χ0n) is 7.75. The summed E-state index contributed by atoms with van der Waals surface area (Å²) in [6, 6.07) is 7.69. The molecular formula is C11H10ClNO. The molecule has 1 aromatic heterocycles. The predicted octanol–water partition coefficient (Wildman–Crippen LogP) is 2.98. The Bertz CT molecular complexity index is 473. The Morgan fingerprint density at radius 2 is 2.14 bits per heavy atom. The molecule has 72 valence electrons. The number of aromatic amines is 1. The molecular weight excluding hydrogens is 198 g/mol. The number of nitrogens with one attached hydrogen (secondary N) is 1. The number of carbonyl (C=O) groups is 1. The molecule has 0 unspecified atom stereocenters. The molecule has 0 aliphatic carbocycles. The van der Waals surface area contributed by atoms with Gasteiger partial charge >= 0.3 is 0 Å². The number of hydrogen-bond acceptors (Lipinski definition) is 1. The van der Waals surface area contributed by atoms with E-state index >= 15 is 0 Å². The van der Waals surface area contributed by atoms with Crippen molar-refractivity contribution in [3.8, 4) is 0 Å². The second-order valence-corrected chi connectivity index (χ2v) is 3.88. The Labute approximate surface area is 86.9 Å². The fourth-order valence-electron chi connectivity index (χ4n) is 1.49. The fraction of sp³-hybridized carbons (Fsp3) is 0.182. The second kappa shape index (κ2) is 3.46. The molecule has 2 rings (SSSR count). The number of para-hydroxylation sites is 1. The molecule has 0 spiro atoms. The molecule has 0 amide bonds. The number of ketones is 1. The lowest BCUT2D eigenvalue weighted by Gasteiger charge is -1.99. The van der Waals surface area contributed by atoms with Gasteiger partial charge in [-0.3, -0.25) is 4.79 Å². The van der Waals surface area contributed by atoms with Gasteiger partial charge in [-0.2, -0.15) is 0 Å². The van der Waals surface area contributed by atoms with Gasteiger partial charge in [0, 0.05) is 22.7 Å². The number of aromatic nitrogens is 1. The van der Waals surface area contributed by atoms with Gasteiger partial charge in [0.2, 0.25) is 0 Å². The summed E-state index contributed by atoms with van der Waals surface area (Å²) >= 11 is 5.76. The van der Waals surface area contributed by atoms with Gasteiger partial charge in [-0.15, -0.1) is 11.6 Å². The van der Waals surface area contributed by atoms with Crippen molar-refractivity contribution in [3.05, 3.63) is 36.0 Å². The SMILES string of the molecule is C[C@@H](Cl)C(=O)c1c[nH]c2ccccc12. The minimum Gasteiger partial charge on any atom is -0.360 e. The predicted molar refractivity (Wildman–Crippen MR) is 57.9 cm³/mol. The first-order valence-electron chi connectivity index (χ1n) is 4.44. The molecule has 2 nitrogen and oxygen atoms in total. The Hall–Kier alpha value is -1.28.